The number of hydrogen-bond acceptors (Lipinski definition) is 3. The molecule has 0 saturated heterocycles. The van der Waals surface area contributed by atoms with E-state index in [2.05, 4.69) is 26.0 Å². The summed E-state index contributed by atoms with van der Waals surface area (Å²) in [5.41, 5.74) is 2.18. The first-order chi connectivity index (χ1) is 10.2. The van der Waals surface area contributed by atoms with Crippen LogP contribution in [0.5, 0.6) is 0 Å². The van der Waals surface area contributed by atoms with Crippen molar-refractivity contribution in [1.82, 2.24) is 14.6 Å². The quantitative estimate of drug-likeness (QED) is 0.789. The summed E-state index contributed by atoms with van der Waals surface area (Å²) in [6.07, 6.45) is 5.29. The van der Waals surface area contributed by atoms with Gasteiger partial charge in [0.05, 0.1) is 17.4 Å². The van der Waals surface area contributed by atoms with Gasteiger partial charge in [0, 0.05) is 16.9 Å². The number of aromatic nitrogens is 3. The van der Waals surface area contributed by atoms with E-state index < -0.39 is 11.9 Å². The second-order valence-corrected chi connectivity index (χ2v) is 5.51. The van der Waals surface area contributed by atoms with Crippen molar-refractivity contribution in [1.29, 1.82) is 0 Å². The Bertz CT molecular complexity index is 800. The molecule has 0 saturated carbocycles. The van der Waals surface area contributed by atoms with E-state index in [1.54, 1.807) is 29.2 Å². The minimum atomic E-state index is -0.896. The molecule has 0 bridgehead atoms. The third-order valence-electron chi connectivity index (χ3n) is 3.36. The van der Waals surface area contributed by atoms with Gasteiger partial charge in [0.2, 0.25) is 0 Å². The van der Waals surface area contributed by atoms with E-state index in [1.807, 2.05) is 24.3 Å². The minimum absolute atomic E-state index is 0.370. The first-order valence-corrected chi connectivity index (χ1v) is 7.20. The molecule has 0 spiro atoms. The van der Waals surface area contributed by atoms with Gasteiger partial charge in [0.15, 0.2) is 0 Å². The molecule has 3 aromatic rings. The fraction of sp³-hybridized carbons (Fsp3) is 0.133. The Kier molecular flexibility index (Phi) is 3.70. The van der Waals surface area contributed by atoms with Crippen LogP contribution in [0.25, 0.3) is 5.52 Å². The van der Waals surface area contributed by atoms with E-state index in [4.69, 9.17) is 0 Å². The molecule has 1 unspecified atom stereocenters. The lowest BCUT2D eigenvalue weighted by Gasteiger charge is -2.14. The summed E-state index contributed by atoms with van der Waals surface area (Å²) in [6, 6.07) is 9.39. The van der Waals surface area contributed by atoms with Crippen LogP contribution in [-0.4, -0.2) is 25.7 Å². The highest BCUT2D eigenvalue weighted by atomic mass is 79.9. The maximum atomic E-state index is 11.7. The van der Waals surface area contributed by atoms with Crippen molar-refractivity contribution in [3.63, 3.8) is 0 Å². The van der Waals surface area contributed by atoms with Gasteiger partial charge >= 0.3 is 5.97 Å². The summed E-state index contributed by atoms with van der Waals surface area (Å²) in [5, 5.41) is 13.7. The number of carboxylic acids is 1. The Morgan fingerprint density at radius 1 is 1.29 bits per heavy atom. The number of hydrogen-bond donors (Lipinski definition) is 1. The summed E-state index contributed by atoms with van der Waals surface area (Å²) in [4.78, 5) is 16.0. The average Bonchev–Trinajstić information content (AvgIpc) is 2.94. The number of benzene rings is 1. The van der Waals surface area contributed by atoms with Gasteiger partial charge in [-0.3, -0.25) is 9.78 Å². The largest absolute Gasteiger partial charge is 0.481 e. The van der Waals surface area contributed by atoms with Crippen LogP contribution in [0.15, 0.2) is 53.4 Å². The smallest absolute Gasteiger partial charge is 0.313 e. The van der Waals surface area contributed by atoms with Crippen molar-refractivity contribution in [2.24, 2.45) is 0 Å². The zero-order chi connectivity index (χ0) is 14.8. The first kappa shape index (κ1) is 13.8. The Hall–Kier alpha value is -2.21. The minimum Gasteiger partial charge on any atom is -0.481 e. The fourth-order valence-electron chi connectivity index (χ4n) is 2.33. The lowest BCUT2D eigenvalue weighted by atomic mass is 9.95. The lowest BCUT2D eigenvalue weighted by Crippen LogP contribution is -2.17. The van der Waals surface area contributed by atoms with E-state index in [1.165, 1.54) is 0 Å². The van der Waals surface area contributed by atoms with Crippen LogP contribution in [0, 0.1) is 0 Å². The van der Waals surface area contributed by atoms with Gasteiger partial charge in [-0.2, -0.15) is 5.10 Å². The molecule has 2 heterocycles. The third kappa shape index (κ3) is 2.67. The molecule has 0 amide bonds. The molecule has 0 aliphatic heterocycles. The van der Waals surface area contributed by atoms with Crippen LogP contribution in [0.4, 0.5) is 0 Å². The number of carboxylic acid groups (broad SMARTS) is 1. The average molecular weight is 346 g/mol. The number of rotatable bonds is 4. The highest BCUT2D eigenvalue weighted by Gasteiger charge is 2.25. The monoisotopic (exact) mass is 345 g/mol. The number of nitrogens with zero attached hydrogens (tertiary/aromatic N) is 3. The predicted octanol–water partition coefficient (Wildman–Crippen LogP) is 2.90. The zero-order valence-corrected chi connectivity index (χ0v) is 12.6. The molecule has 0 fully saturated rings. The standard InChI is InChI=1S/C15H12BrN3O2/c16-12-4-2-1-3-10(12)9-11(15(20)21)14-13-5-6-18-19(13)8-7-17-14/h1-8,11H,9H2,(H,20,21). The normalized spacial score (nSPS) is 12.4. The summed E-state index contributed by atoms with van der Waals surface area (Å²) in [6.45, 7) is 0. The number of aliphatic carboxylic acids is 1. The SMILES string of the molecule is O=C(O)C(Cc1ccccc1Br)c1nccn2nccc12. The van der Waals surface area contributed by atoms with Gasteiger partial charge < -0.3 is 5.11 Å². The van der Waals surface area contributed by atoms with E-state index in [-0.39, 0.29) is 0 Å². The molecule has 2 aromatic heterocycles. The second-order valence-electron chi connectivity index (χ2n) is 4.66. The van der Waals surface area contributed by atoms with Gasteiger partial charge in [-0.15, -0.1) is 0 Å². The highest BCUT2D eigenvalue weighted by Crippen LogP contribution is 2.26. The lowest BCUT2D eigenvalue weighted by molar-refractivity contribution is -0.138. The summed E-state index contributed by atoms with van der Waals surface area (Å²) in [5.74, 6) is -1.61. The molecule has 3 rings (SSSR count). The van der Waals surface area contributed by atoms with Gasteiger partial charge in [0.25, 0.3) is 0 Å². The van der Waals surface area contributed by atoms with Crippen LogP contribution in [0.1, 0.15) is 17.2 Å². The Morgan fingerprint density at radius 3 is 2.86 bits per heavy atom. The molecule has 0 aliphatic rings. The van der Waals surface area contributed by atoms with Crippen LogP contribution in [0.2, 0.25) is 0 Å². The van der Waals surface area contributed by atoms with Crippen molar-refractivity contribution in [2.75, 3.05) is 0 Å². The van der Waals surface area contributed by atoms with Crippen molar-refractivity contribution in [3.05, 3.63) is 64.7 Å². The zero-order valence-electron chi connectivity index (χ0n) is 11.0. The molecule has 0 aliphatic carbocycles. The first-order valence-electron chi connectivity index (χ1n) is 6.41. The van der Waals surface area contributed by atoms with Crippen molar-refractivity contribution < 1.29 is 9.90 Å². The molecule has 5 nitrogen and oxygen atoms in total. The molecular weight excluding hydrogens is 334 g/mol. The topological polar surface area (TPSA) is 67.5 Å². The van der Waals surface area contributed by atoms with Gasteiger partial charge in [0.1, 0.15) is 5.92 Å². The molecule has 6 heteroatoms. The highest BCUT2D eigenvalue weighted by molar-refractivity contribution is 9.10. The number of fused-ring (bicyclic) bond motifs is 1. The van der Waals surface area contributed by atoms with Crippen LogP contribution in [-0.2, 0) is 11.2 Å². The third-order valence-corrected chi connectivity index (χ3v) is 4.14. The summed E-state index contributed by atoms with van der Waals surface area (Å²) >= 11 is 3.46. The molecule has 106 valence electrons. The van der Waals surface area contributed by atoms with Gasteiger partial charge in [-0.1, -0.05) is 34.1 Å². The fourth-order valence-corrected chi connectivity index (χ4v) is 2.78. The number of halogens is 1. The second kappa shape index (κ2) is 5.65. The molecular formula is C15H12BrN3O2. The van der Waals surface area contributed by atoms with E-state index in [0.717, 1.165) is 15.6 Å². The summed E-state index contributed by atoms with van der Waals surface area (Å²) < 4.78 is 2.54. The van der Waals surface area contributed by atoms with E-state index in [0.29, 0.717) is 12.1 Å². The Balaban J connectivity index is 2.05. The molecule has 21 heavy (non-hydrogen) atoms. The van der Waals surface area contributed by atoms with Crippen molar-refractivity contribution in [2.45, 2.75) is 12.3 Å². The summed E-state index contributed by atoms with van der Waals surface area (Å²) in [7, 11) is 0. The molecule has 1 aromatic carbocycles. The van der Waals surface area contributed by atoms with Crippen molar-refractivity contribution >= 4 is 27.4 Å². The maximum Gasteiger partial charge on any atom is 0.313 e. The van der Waals surface area contributed by atoms with Gasteiger partial charge in [-0.05, 0) is 24.1 Å². The predicted molar refractivity (Wildman–Crippen MR) is 81.2 cm³/mol. The van der Waals surface area contributed by atoms with Gasteiger partial charge in [-0.25, -0.2) is 4.52 Å². The van der Waals surface area contributed by atoms with Crippen LogP contribution < -0.4 is 0 Å². The van der Waals surface area contributed by atoms with Crippen molar-refractivity contribution in [3.8, 4) is 0 Å². The number of carbonyl (C=O) groups is 1. The molecule has 0 radical (unpaired) electrons. The van der Waals surface area contributed by atoms with E-state index >= 15 is 0 Å². The molecule has 1 N–H and O–H groups in total. The van der Waals surface area contributed by atoms with E-state index in [9.17, 15) is 9.90 Å². The van der Waals surface area contributed by atoms with Crippen LogP contribution >= 0.6 is 15.9 Å². The maximum absolute atomic E-state index is 11.7. The Labute approximate surface area is 129 Å². The molecule has 1 atom stereocenters. The van der Waals surface area contributed by atoms with Crippen LogP contribution in [0.3, 0.4) is 0 Å². The Morgan fingerprint density at radius 2 is 2.10 bits per heavy atom.